The van der Waals surface area contributed by atoms with Gasteiger partial charge >= 0.3 is 0 Å². The summed E-state index contributed by atoms with van der Waals surface area (Å²) in [6.07, 6.45) is 3.77. The number of guanidine groups is 1. The zero-order chi connectivity index (χ0) is 18.7. The summed E-state index contributed by atoms with van der Waals surface area (Å²) in [6.45, 7) is 7.66. The van der Waals surface area contributed by atoms with E-state index in [1.54, 1.807) is 18.2 Å². The van der Waals surface area contributed by atoms with Crippen LogP contribution in [-0.2, 0) is 5.21 Å². The lowest BCUT2D eigenvalue weighted by molar-refractivity contribution is -0.269. The molecular formula is C18H25FN5O. The Morgan fingerprint density at radius 3 is 2.64 bits per heavy atom. The van der Waals surface area contributed by atoms with Gasteiger partial charge in [0.25, 0.3) is 0 Å². The molecule has 25 heavy (non-hydrogen) atoms. The maximum absolute atomic E-state index is 13.8. The quantitative estimate of drug-likeness (QED) is 0.372. The average molecular weight is 346 g/mol. The molecule has 0 aliphatic carbocycles. The second-order valence-electron chi connectivity index (χ2n) is 7.64. The van der Waals surface area contributed by atoms with Crippen LogP contribution >= 0.6 is 0 Å². The van der Waals surface area contributed by atoms with Crippen molar-refractivity contribution < 1.29 is 9.60 Å². The highest BCUT2D eigenvalue weighted by molar-refractivity contribution is 5.94. The van der Waals surface area contributed by atoms with Gasteiger partial charge in [-0.25, -0.2) is 9.38 Å². The van der Waals surface area contributed by atoms with Gasteiger partial charge in [0.2, 0.25) is 5.96 Å². The molecule has 7 heteroatoms. The van der Waals surface area contributed by atoms with E-state index >= 15 is 0 Å². The molecule has 1 aliphatic heterocycles. The molecule has 1 aliphatic rings. The fourth-order valence-corrected chi connectivity index (χ4v) is 3.33. The Balaban J connectivity index is 2.24. The first kappa shape index (κ1) is 19.2. The van der Waals surface area contributed by atoms with E-state index in [9.17, 15) is 9.60 Å². The third-order valence-corrected chi connectivity index (χ3v) is 4.54. The van der Waals surface area contributed by atoms with Crippen molar-refractivity contribution in [1.29, 1.82) is 5.26 Å². The molecular weight excluding hydrogens is 321 g/mol. The first-order valence-corrected chi connectivity index (χ1v) is 8.38. The molecule has 2 N–H and O–H groups in total. The molecule has 1 saturated heterocycles. The van der Waals surface area contributed by atoms with Crippen molar-refractivity contribution in [1.82, 2.24) is 10.4 Å². The number of hydrogen-bond donors (Lipinski definition) is 2. The SMILES string of the molecule is CC1(C)CCC(N=C(NC#N)Nc2ccccc2F)CC(C)(C)N1[O]. The number of hydroxylamine groups is 2. The van der Waals surface area contributed by atoms with E-state index in [2.05, 4.69) is 15.6 Å². The van der Waals surface area contributed by atoms with Gasteiger partial charge in [-0.1, -0.05) is 12.1 Å². The molecule has 0 aromatic heterocycles. The first-order chi connectivity index (χ1) is 11.7. The van der Waals surface area contributed by atoms with Gasteiger partial charge in [-0.05, 0) is 59.1 Å². The number of para-hydroxylation sites is 1. The minimum Gasteiger partial charge on any atom is -0.323 e. The molecule has 0 saturated carbocycles. The number of benzene rings is 1. The van der Waals surface area contributed by atoms with E-state index in [-0.39, 0.29) is 17.7 Å². The molecule has 1 aromatic rings. The van der Waals surface area contributed by atoms with Gasteiger partial charge in [-0.2, -0.15) is 5.26 Å². The van der Waals surface area contributed by atoms with Gasteiger partial charge in [0.1, 0.15) is 5.82 Å². The summed E-state index contributed by atoms with van der Waals surface area (Å²) in [5.74, 6) is -0.242. The van der Waals surface area contributed by atoms with E-state index in [4.69, 9.17) is 5.26 Å². The molecule has 1 unspecified atom stereocenters. The highest BCUT2D eigenvalue weighted by Gasteiger charge is 2.43. The number of hydrogen-bond acceptors (Lipinski definition) is 3. The Morgan fingerprint density at radius 2 is 2.00 bits per heavy atom. The number of nitrogens with zero attached hydrogens (tertiary/aromatic N) is 3. The molecule has 1 aromatic carbocycles. The van der Waals surface area contributed by atoms with Gasteiger partial charge in [0.05, 0.1) is 11.7 Å². The van der Waals surface area contributed by atoms with Gasteiger partial charge in [0.15, 0.2) is 6.19 Å². The van der Waals surface area contributed by atoms with Gasteiger partial charge in [-0.15, -0.1) is 10.3 Å². The molecule has 0 amide bonds. The van der Waals surface area contributed by atoms with Crippen LogP contribution in [0.25, 0.3) is 0 Å². The Hall–Kier alpha value is -2.17. The van der Waals surface area contributed by atoms with Crippen molar-refractivity contribution in [2.45, 2.75) is 64.1 Å². The lowest BCUT2D eigenvalue weighted by Gasteiger charge is -2.39. The van der Waals surface area contributed by atoms with Gasteiger partial charge in [-0.3, -0.25) is 5.32 Å². The van der Waals surface area contributed by atoms with Crippen molar-refractivity contribution in [3.8, 4) is 6.19 Å². The lowest BCUT2D eigenvalue weighted by Crippen LogP contribution is -2.51. The predicted octanol–water partition coefficient (Wildman–Crippen LogP) is 3.42. The highest BCUT2D eigenvalue weighted by atomic mass is 19.1. The first-order valence-electron chi connectivity index (χ1n) is 8.38. The normalized spacial score (nSPS) is 23.4. The van der Waals surface area contributed by atoms with E-state index < -0.39 is 16.9 Å². The monoisotopic (exact) mass is 346 g/mol. The van der Waals surface area contributed by atoms with Crippen molar-refractivity contribution in [3.63, 3.8) is 0 Å². The third kappa shape index (κ3) is 4.68. The summed E-state index contributed by atoms with van der Waals surface area (Å²) in [5, 5.41) is 28.0. The zero-order valence-corrected chi connectivity index (χ0v) is 15.1. The van der Waals surface area contributed by atoms with Gasteiger partial charge in [0, 0.05) is 11.1 Å². The van der Waals surface area contributed by atoms with Crippen molar-refractivity contribution >= 4 is 11.6 Å². The largest absolute Gasteiger partial charge is 0.323 e. The average Bonchev–Trinajstić information content (AvgIpc) is 2.60. The van der Waals surface area contributed by atoms with Crippen molar-refractivity contribution in [2.24, 2.45) is 4.99 Å². The van der Waals surface area contributed by atoms with Crippen LogP contribution in [0.3, 0.4) is 0 Å². The van der Waals surface area contributed by atoms with E-state index in [1.165, 1.54) is 6.07 Å². The van der Waals surface area contributed by atoms with Crippen LogP contribution in [0.4, 0.5) is 10.1 Å². The Bertz CT molecular complexity index is 680. The highest BCUT2D eigenvalue weighted by Crippen LogP contribution is 2.36. The second kappa shape index (κ2) is 7.38. The molecule has 0 spiro atoms. The van der Waals surface area contributed by atoms with E-state index in [0.717, 1.165) is 5.06 Å². The van der Waals surface area contributed by atoms with Crippen LogP contribution in [0.2, 0.25) is 0 Å². The third-order valence-electron chi connectivity index (χ3n) is 4.54. The van der Waals surface area contributed by atoms with Crippen LogP contribution in [0, 0.1) is 17.3 Å². The zero-order valence-electron chi connectivity index (χ0n) is 15.1. The number of anilines is 1. The molecule has 1 atom stereocenters. The smallest absolute Gasteiger partial charge is 0.209 e. The van der Waals surface area contributed by atoms with Crippen LogP contribution in [0.1, 0.15) is 47.0 Å². The van der Waals surface area contributed by atoms with Crippen LogP contribution < -0.4 is 10.6 Å². The lowest BCUT2D eigenvalue weighted by atomic mass is 9.94. The Labute approximate surface area is 148 Å². The maximum Gasteiger partial charge on any atom is 0.209 e. The molecule has 0 bridgehead atoms. The summed E-state index contributed by atoms with van der Waals surface area (Å²) in [5.41, 5.74) is -0.818. The summed E-state index contributed by atoms with van der Waals surface area (Å²) in [6, 6.07) is 6.04. The molecule has 1 radical (unpaired) electrons. The number of rotatable bonds is 2. The van der Waals surface area contributed by atoms with Crippen LogP contribution in [-0.4, -0.2) is 28.1 Å². The predicted molar refractivity (Wildman–Crippen MR) is 94.5 cm³/mol. The number of nitrogens with one attached hydrogen (secondary N) is 2. The summed E-state index contributed by atoms with van der Waals surface area (Å²) in [7, 11) is 0. The number of halogens is 1. The minimum atomic E-state index is -0.579. The van der Waals surface area contributed by atoms with E-state index in [0.29, 0.717) is 19.3 Å². The van der Waals surface area contributed by atoms with Crippen molar-refractivity contribution in [3.05, 3.63) is 30.1 Å². The number of nitriles is 1. The topological polar surface area (TPSA) is 83.3 Å². The molecule has 6 nitrogen and oxygen atoms in total. The Kier molecular flexibility index (Phi) is 5.65. The van der Waals surface area contributed by atoms with E-state index in [1.807, 2.05) is 33.9 Å². The van der Waals surface area contributed by atoms with Gasteiger partial charge < -0.3 is 5.32 Å². The Morgan fingerprint density at radius 1 is 1.32 bits per heavy atom. The second-order valence-corrected chi connectivity index (χ2v) is 7.64. The fourth-order valence-electron chi connectivity index (χ4n) is 3.33. The molecule has 135 valence electrons. The standard InChI is InChI=1S/C18H25FN5O/c1-17(2)10-9-13(11-18(3,4)24(17)25)22-16(21-12-20)23-15-8-6-5-7-14(15)19/h5-8,13H,9-11H2,1-4H3,(H2,21,22,23). The van der Waals surface area contributed by atoms with Crippen molar-refractivity contribution in [2.75, 3.05) is 5.32 Å². The maximum atomic E-state index is 13.8. The number of aliphatic imine (C=N–C) groups is 1. The van der Waals surface area contributed by atoms with Crippen LogP contribution in [0.5, 0.6) is 0 Å². The molecule has 1 heterocycles. The summed E-state index contributed by atoms with van der Waals surface area (Å²) < 4.78 is 13.8. The molecule has 1 fully saturated rings. The minimum absolute atomic E-state index is 0.150. The summed E-state index contributed by atoms with van der Waals surface area (Å²) in [4.78, 5) is 4.56. The summed E-state index contributed by atoms with van der Waals surface area (Å²) >= 11 is 0. The van der Waals surface area contributed by atoms with Crippen LogP contribution in [0.15, 0.2) is 29.3 Å². The fraction of sp³-hybridized carbons (Fsp3) is 0.556. The molecule has 2 rings (SSSR count).